The van der Waals surface area contributed by atoms with Gasteiger partial charge in [0.2, 0.25) is 5.91 Å². The summed E-state index contributed by atoms with van der Waals surface area (Å²) in [6.45, 7) is 3.50. The van der Waals surface area contributed by atoms with Gasteiger partial charge in [0.1, 0.15) is 6.54 Å². The molecule has 108 valence electrons. The molecular weight excluding hydrogens is 256 g/mol. The molecular formula is C15H20N2O3. The van der Waals surface area contributed by atoms with Crippen LogP contribution < -0.4 is 4.90 Å². The van der Waals surface area contributed by atoms with Crippen LogP contribution in [0, 0.1) is 6.92 Å². The number of benzene rings is 1. The van der Waals surface area contributed by atoms with E-state index >= 15 is 0 Å². The minimum atomic E-state index is -0.931. The van der Waals surface area contributed by atoms with Gasteiger partial charge in [-0.05, 0) is 31.9 Å². The summed E-state index contributed by atoms with van der Waals surface area (Å²) in [7, 11) is 0. The van der Waals surface area contributed by atoms with E-state index in [1.54, 1.807) is 4.90 Å². The van der Waals surface area contributed by atoms with Crippen LogP contribution in [0.5, 0.6) is 0 Å². The van der Waals surface area contributed by atoms with E-state index < -0.39 is 5.97 Å². The van der Waals surface area contributed by atoms with E-state index in [-0.39, 0.29) is 19.0 Å². The smallest absolute Gasteiger partial charge is 0.323 e. The molecule has 1 aromatic rings. The van der Waals surface area contributed by atoms with Gasteiger partial charge in [-0.3, -0.25) is 9.59 Å². The van der Waals surface area contributed by atoms with Crippen LogP contribution in [0.4, 0.5) is 5.69 Å². The molecule has 0 atom stereocenters. The molecule has 0 saturated carbocycles. The highest BCUT2D eigenvalue weighted by molar-refractivity contribution is 5.84. The summed E-state index contributed by atoms with van der Waals surface area (Å²) < 4.78 is 0. The summed E-state index contributed by atoms with van der Waals surface area (Å²) in [5, 5.41) is 9.01. The molecule has 1 fully saturated rings. The molecule has 1 aliphatic rings. The predicted molar refractivity (Wildman–Crippen MR) is 76.8 cm³/mol. The average molecular weight is 276 g/mol. The topological polar surface area (TPSA) is 60.9 Å². The summed E-state index contributed by atoms with van der Waals surface area (Å²) in [4.78, 5) is 26.6. The molecule has 1 saturated heterocycles. The third-order valence-corrected chi connectivity index (χ3v) is 3.51. The fourth-order valence-corrected chi connectivity index (χ4v) is 2.39. The van der Waals surface area contributed by atoms with Crippen LogP contribution in [-0.4, -0.2) is 48.1 Å². The quantitative estimate of drug-likeness (QED) is 0.885. The Bertz CT molecular complexity index is 478. The first kappa shape index (κ1) is 14.4. The molecule has 5 nitrogen and oxygen atoms in total. The maximum absolute atomic E-state index is 12.2. The summed E-state index contributed by atoms with van der Waals surface area (Å²) in [6, 6.07) is 7.56. The molecule has 1 aliphatic heterocycles. The number of hydrogen-bond acceptors (Lipinski definition) is 3. The Hall–Kier alpha value is -2.04. The van der Waals surface area contributed by atoms with Crippen molar-refractivity contribution in [2.24, 2.45) is 0 Å². The highest BCUT2D eigenvalue weighted by Gasteiger charge is 2.21. The van der Waals surface area contributed by atoms with Crippen molar-refractivity contribution in [3.63, 3.8) is 0 Å². The molecule has 1 amide bonds. The van der Waals surface area contributed by atoms with E-state index in [0.29, 0.717) is 0 Å². The first-order chi connectivity index (χ1) is 9.56. The Kier molecular flexibility index (Phi) is 4.61. The lowest BCUT2D eigenvalue weighted by Crippen LogP contribution is -2.41. The Morgan fingerprint density at radius 1 is 1.15 bits per heavy atom. The standard InChI is InChI=1S/C15H20N2O3/c1-12-4-6-13(7-5-12)17(11-15(19)20)10-14(18)16-8-2-3-9-16/h4-7H,2-3,8-11H2,1H3,(H,19,20). The second-order valence-electron chi connectivity index (χ2n) is 5.17. The molecule has 0 spiro atoms. The van der Waals surface area contributed by atoms with E-state index in [1.807, 2.05) is 36.1 Å². The lowest BCUT2D eigenvalue weighted by molar-refractivity contribution is -0.135. The van der Waals surface area contributed by atoms with Crippen molar-refractivity contribution in [1.29, 1.82) is 0 Å². The van der Waals surface area contributed by atoms with E-state index in [4.69, 9.17) is 5.11 Å². The molecule has 5 heteroatoms. The maximum atomic E-state index is 12.2. The van der Waals surface area contributed by atoms with Crippen molar-refractivity contribution in [1.82, 2.24) is 4.90 Å². The average Bonchev–Trinajstić information content (AvgIpc) is 2.92. The van der Waals surface area contributed by atoms with Gasteiger partial charge in [0, 0.05) is 18.8 Å². The van der Waals surface area contributed by atoms with E-state index in [2.05, 4.69) is 0 Å². The third kappa shape index (κ3) is 3.73. The molecule has 0 unspecified atom stereocenters. The SMILES string of the molecule is Cc1ccc(N(CC(=O)O)CC(=O)N2CCCC2)cc1. The molecule has 0 bridgehead atoms. The van der Waals surface area contributed by atoms with Crippen LogP contribution in [0.25, 0.3) is 0 Å². The van der Waals surface area contributed by atoms with Gasteiger partial charge in [-0.15, -0.1) is 0 Å². The van der Waals surface area contributed by atoms with Crippen LogP contribution in [0.15, 0.2) is 24.3 Å². The van der Waals surface area contributed by atoms with Gasteiger partial charge in [0.25, 0.3) is 0 Å². The van der Waals surface area contributed by atoms with Crippen molar-refractivity contribution in [3.8, 4) is 0 Å². The maximum Gasteiger partial charge on any atom is 0.323 e. The van der Waals surface area contributed by atoms with Gasteiger partial charge in [-0.25, -0.2) is 0 Å². The number of amides is 1. The zero-order valence-electron chi connectivity index (χ0n) is 11.7. The van der Waals surface area contributed by atoms with Gasteiger partial charge in [-0.1, -0.05) is 17.7 Å². The van der Waals surface area contributed by atoms with Crippen LogP contribution in [0.2, 0.25) is 0 Å². The second kappa shape index (κ2) is 6.41. The van der Waals surface area contributed by atoms with E-state index in [9.17, 15) is 9.59 Å². The number of likely N-dealkylation sites (tertiary alicyclic amines) is 1. The zero-order chi connectivity index (χ0) is 14.5. The van der Waals surface area contributed by atoms with Crippen LogP contribution in [0.3, 0.4) is 0 Å². The Morgan fingerprint density at radius 2 is 1.75 bits per heavy atom. The zero-order valence-corrected chi connectivity index (χ0v) is 11.7. The van der Waals surface area contributed by atoms with Crippen molar-refractivity contribution >= 4 is 17.6 Å². The number of carbonyl (C=O) groups is 2. The van der Waals surface area contributed by atoms with Crippen LogP contribution in [0.1, 0.15) is 18.4 Å². The largest absolute Gasteiger partial charge is 0.480 e. The predicted octanol–water partition coefficient (Wildman–Crippen LogP) is 1.51. The highest BCUT2D eigenvalue weighted by atomic mass is 16.4. The van der Waals surface area contributed by atoms with Gasteiger partial charge >= 0.3 is 5.97 Å². The van der Waals surface area contributed by atoms with Crippen molar-refractivity contribution in [2.75, 3.05) is 31.1 Å². The van der Waals surface area contributed by atoms with Gasteiger partial charge in [0.05, 0.1) is 6.54 Å². The van der Waals surface area contributed by atoms with Gasteiger partial charge in [-0.2, -0.15) is 0 Å². The first-order valence-electron chi connectivity index (χ1n) is 6.87. The molecule has 2 rings (SSSR count). The van der Waals surface area contributed by atoms with Crippen molar-refractivity contribution in [3.05, 3.63) is 29.8 Å². The molecule has 1 heterocycles. The minimum Gasteiger partial charge on any atom is -0.480 e. The lowest BCUT2D eigenvalue weighted by Gasteiger charge is -2.25. The van der Waals surface area contributed by atoms with E-state index in [1.165, 1.54) is 0 Å². The summed E-state index contributed by atoms with van der Waals surface area (Å²) in [5.74, 6) is -0.927. The molecule has 0 aliphatic carbocycles. The molecule has 1 N–H and O–H groups in total. The molecule has 1 aromatic carbocycles. The Labute approximate surface area is 118 Å². The normalized spacial score (nSPS) is 14.3. The first-order valence-corrected chi connectivity index (χ1v) is 6.87. The minimum absolute atomic E-state index is 0.00400. The number of carboxylic acid groups (broad SMARTS) is 1. The number of rotatable bonds is 5. The van der Waals surface area contributed by atoms with Crippen molar-refractivity contribution in [2.45, 2.75) is 19.8 Å². The summed E-state index contributed by atoms with van der Waals surface area (Å²) >= 11 is 0. The fraction of sp³-hybridized carbons (Fsp3) is 0.467. The van der Waals surface area contributed by atoms with E-state index in [0.717, 1.165) is 37.2 Å². The summed E-state index contributed by atoms with van der Waals surface area (Å²) in [5.41, 5.74) is 1.88. The molecule has 0 radical (unpaired) electrons. The number of aryl methyl sites for hydroxylation is 1. The number of aliphatic carboxylic acids is 1. The monoisotopic (exact) mass is 276 g/mol. The second-order valence-corrected chi connectivity index (χ2v) is 5.17. The van der Waals surface area contributed by atoms with Gasteiger partial charge < -0.3 is 14.9 Å². The lowest BCUT2D eigenvalue weighted by atomic mass is 10.2. The Balaban J connectivity index is 2.08. The fourth-order valence-electron chi connectivity index (χ4n) is 2.39. The summed E-state index contributed by atoms with van der Waals surface area (Å²) in [6.07, 6.45) is 2.07. The molecule has 20 heavy (non-hydrogen) atoms. The van der Waals surface area contributed by atoms with Crippen LogP contribution in [-0.2, 0) is 9.59 Å². The highest BCUT2D eigenvalue weighted by Crippen LogP contribution is 2.16. The Morgan fingerprint density at radius 3 is 2.30 bits per heavy atom. The number of nitrogens with zero attached hydrogens (tertiary/aromatic N) is 2. The third-order valence-electron chi connectivity index (χ3n) is 3.51. The van der Waals surface area contributed by atoms with Crippen molar-refractivity contribution < 1.29 is 14.7 Å². The van der Waals surface area contributed by atoms with Gasteiger partial charge in [0.15, 0.2) is 0 Å². The number of carbonyl (C=O) groups excluding carboxylic acids is 1. The number of carboxylic acids is 1. The van der Waals surface area contributed by atoms with Crippen LogP contribution >= 0.6 is 0 Å². The molecule has 0 aromatic heterocycles. The number of anilines is 1. The number of hydrogen-bond donors (Lipinski definition) is 1.